The highest BCUT2D eigenvalue weighted by Crippen LogP contribution is 2.33. The van der Waals surface area contributed by atoms with Gasteiger partial charge in [-0.25, -0.2) is 0 Å². The number of carboxylic acid groups (broad SMARTS) is 1. The van der Waals surface area contributed by atoms with Crippen LogP contribution in [-0.2, 0) is 9.53 Å². The second-order valence-electron chi connectivity index (χ2n) is 7.16. The molecule has 0 heterocycles. The van der Waals surface area contributed by atoms with E-state index >= 15 is 0 Å². The molecule has 0 saturated heterocycles. The zero-order chi connectivity index (χ0) is 18.3. The van der Waals surface area contributed by atoms with Crippen molar-refractivity contribution in [2.45, 2.75) is 45.1 Å². The van der Waals surface area contributed by atoms with Gasteiger partial charge in [-0.2, -0.15) is 0 Å². The van der Waals surface area contributed by atoms with Crippen LogP contribution in [0.4, 0.5) is 0 Å². The molecule has 1 aromatic rings. The van der Waals surface area contributed by atoms with Gasteiger partial charge in [0, 0.05) is 0 Å². The molecule has 1 aliphatic carbocycles. The summed E-state index contributed by atoms with van der Waals surface area (Å²) in [5, 5.41) is 9.90. The van der Waals surface area contributed by atoms with E-state index in [1.54, 1.807) is 0 Å². The van der Waals surface area contributed by atoms with Crippen molar-refractivity contribution < 1.29 is 19.1 Å². The fourth-order valence-corrected chi connectivity index (χ4v) is 3.42. The fourth-order valence-electron chi connectivity index (χ4n) is 3.42. The van der Waals surface area contributed by atoms with Crippen LogP contribution < -0.4 is 0 Å². The minimum absolute atomic E-state index is 0.371. The largest absolute Gasteiger partial charge is 0.481 e. The van der Waals surface area contributed by atoms with Gasteiger partial charge >= 0.3 is 5.97 Å². The third-order valence-electron chi connectivity index (χ3n) is 5.62. The van der Waals surface area contributed by atoms with Crippen LogP contribution in [-0.4, -0.2) is 55.0 Å². The average Bonchev–Trinajstić information content (AvgIpc) is 3.15. The first-order chi connectivity index (χ1) is 12.0. The molecule has 1 aromatic carbocycles. The van der Waals surface area contributed by atoms with E-state index in [4.69, 9.17) is 4.74 Å². The van der Waals surface area contributed by atoms with Gasteiger partial charge in [-0.3, -0.25) is 4.79 Å². The molecule has 0 aromatic heterocycles. The molecule has 0 fully saturated rings. The molecular weight excluding hydrogens is 314 g/mol. The summed E-state index contributed by atoms with van der Waals surface area (Å²) in [6.07, 6.45) is 4.86. The summed E-state index contributed by atoms with van der Waals surface area (Å²) in [6.45, 7) is 7.95. The maximum Gasteiger partial charge on any atom is 0.313 e. The molecule has 0 radical (unpaired) electrons. The predicted molar refractivity (Wildman–Crippen MR) is 101 cm³/mol. The molecule has 0 bridgehead atoms. The van der Waals surface area contributed by atoms with Crippen LogP contribution >= 0.6 is 0 Å². The minimum Gasteiger partial charge on any atom is -0.481 e. The third-order valence-corrected chi connectivity index (χ3v) is 5.62. The smallest absolute Gasteiger partial charge is 0.313 e. The summed E-state index contributed by atoms with van der Waals surface area (Å²) in [5.74, 6) is -1.46. The lowest BCUT2D eigenvalue weighted by atomic mass is 9.88. The number of likely N-dealkylation sites (N-methyl/N-ethyl adjacent to an activating group) is 1. The van der Waals surface area contributed by atoms with Gasteiger partial charge in [-0.05, 0) is 44.2 Å². The van der Waals surface area contributed by atoms with E-state index in [9.17, 15) is 9.90 Å². The van der Waals surface area contributed by atoms with Gasteiger partial charge in [0.15, 0.2) is 0 Å². The van der Waals surface area contributed by atoms with E-state index in [0.717, 1.165) is 54.5 Å². The zero-order valence-electron chi connectivity index (χ0n) is 15.8. The average molecular weight is 346 g/mol. The van der Waals surface area contributed by atoms with Gasteiger partial charge in [0.2, 0.25) is 0 Å². The summed E-state index contributed by atoms with van der Waals surface area (Å²) in [5.41, 5.74) is 1.97. The standard InChI is InChI=1S/C21H31NO3/c1-4-22(3,5-2)15-16-25-20(18-13-9-10-14-18)19(21(23)24)17-11-7-6-8-12-17/h6-8,11-13,19-20H,4-5,9-10,14-16H2,1-3H3/p+1. The SMILES string of the molecule is CC[N+](C)(CC)CCOC(C1=CCCC1)C(C(=O)O)c1ccccc1. The van der Waals surface area contributed by atoms with E-state index in [1.165, 1.54) is 0 Å². The van der Waals surface area contributed by atoms with Crippen LogP contribution in [0.2, 0.25) is 0 Å². The molecule has 2 unspecified atom stereocenters. The number of allylic oxidation sites excluding steroid dienone is 1. The molecule has 25 heavy (non-hydrogen) atoms. The number of carbonyl (C=O) groups is 1. The van der Waals surface area contributed by atoms with Gasteiger partial charge in [0.25, 0.3) is 0 Å². The van der Waals surface area contributed by atoms with Crippen LogP contribution in [0.25, 0.3) is 0 Å². The van der Waals surface area contributed by atoms with Gasteiger partial charge in [-0.15, -0.1) is 0 Å². The molecule has 0 amide bonds. The molecule has 0 aliphatic heterocycles. The van der Waals surface area contributed by atoms with Crippen molar-refractivity contribution in [3.63, 3.8) is 0 Å². The maximum atomic E-state index is 12.1. The Morgan fingerprint density at radius 1 is 1.24 bits per heavy atom. The van der Waals surface area contributed by atoms with Crippen molar-refractivity contribution in [1.82, 2.24) is 0 Å². The number of aliphatic carboxylic acids is 1. The van der Waals surface area contributed by atoms with Crippen LogP contribution in [0.1, 0.15) is 44.6 Å². The Labute approximate surface area is 151 Å². The third kappa shape index (κ3) is 5.16. The van der Waals surface area contributed by atoms with E-state index < -0.39 is 11.9 Å². The van der Waals surface area contributed by atoms with Crippen molar-refractivity contribution in [2.75, 3.05) is 33.3 Å². The van der Waals surface area contributed by atoms with Crippen LogP contribution in [0, 0.1) is 0 Å². The summed E-state index contributed by atoms with van der Waals surface area (Å²) in [4.78, 5) is 12.1. The molecule has 1 aliphatic rings. The van der Waals surface area contributed by atoms with Crippen LogP contribution in [0.15, 0.2) is 42.0 Å². The van der Waals surface area contributed by atoms with E-state index in [-0.39, 0.29) is 6.10 Å². The number of ether oxygens (including phenoxy) is 1. The van der Waals surface area contributed by atoms with Crippen molar-refractivity contribution in [3.8, 4) is 0 Å². The Hall–Kier alpha value is -1.65. The number of hydrogen-bond donors (Lipinski definition) is 1. The Morgan fingerprint density at radius 3 is 2.44 bits per heavy atom. The molecule has 0 saturated carbocycles. The van der Waals surface area contributed by atoms with Crippen molar-refractivity contribution in [1.29, 1.82) is 0 Å². The molecule has 2 rings (SSSR count). The second kappa shape index (κ2) is 9.16. The number of carboxylic acids is 1. The maximum absolute atomic E-state index is 12.1. The van der Waals surface area contributed by atoms with Crippen LogP contribution in [0.3, 0.4) is 0 Å². The van der Waals surface area contributed by atoms with Gasteiger partial charge in [0.05, 0.1) is 32.8 Å². The first-order valence-electron chi connectivity index (χ1n) is 9.42. The molecule has 2 atom stereocenters. The van der Waals surface area contributed by atoms with E-state index in [1.807, 2.05) is 30.3 Å². The number of rotatable bonds is 10. The van der Waals surface area contributed by atoms with Gasteiger partial charge < -0.3 is 14.3 Å². The summed E-state index contributed by atoms with van der Waals surface area (Å²) in [6, 6.07) is 9.49. The highest BCUT2D eigenvalue weighted by molar-refractivity contribution is 5.77. The zero-order valence-corrected chi connectivity index (χ0v) is 15.8. The number of nitrogens with zero attached hydrogens (tertiary/aromatic N) is 1. The predicted octanol–water partition coefficient (Wildman–Crippen LogP) is 3.84. The molecule has 1 N–H and O–H groups in total. The molecule has 4 heteroatoms. The molecule has 4 nitrogen and oxygen atoms in total. The Morgan fingerprint density at radius 2 is 1.92 bits per heavy atom. The molecule has 0 spiro atoms. The Balaban J connectivity index is 2.18. The Kier molecular flexibility index (Phi) is 7.21. The lowest BCUT2D eigenvalue weighted by Gasteiger charge is -2.33. The van der Waals surface area contributed by atoms with Crippen molar-refractivity contribution in [2.24, 2.45) is 0 Å². The van der Waals surface area contributed by atoms with Gasteiger partial charge in [-0.1, -0.05) is 36.4 Å². The highest BCUT2D eigenvalue weighted by Gasteiger charge is 2.34. The van der Waals surface area contributed by atoms with Crippen LogP contribution in [0.5, 0.6) is 0 Å². The monoisotopic (exact) mass is 346 g/mol. The first-order valence-corrected chi connectivity index (χ1v) is 9.42. The Bertz CT molecular complexity index is 578. The lowest BCUT2D eigenvalue weighted by molar-refractivity contribution is -0.906. The number of benzene rings is 1. The summed E-state index contributed by atoms with van der Waals surface area (Å²) >= 11 is 0. The number of quaternary nitrogens is 1. The highest BCUT2D eigenvalue weighted by atomic mass is 16.5. The molecule has 138 valence electrons. The number of hydrogen-bond acceptors (Lipinski definition) is 2. The molecular formula is C21H32NO3+. The first kappa shape index (κ1) is 19.7. The normalized spacial score (nSPS) is 17.2. The summed E-state index contributed by atoms with van der Waals surface area (Å²) < 4.78 is 7.18. The van der Waals surface area contributed by atoms with Crippen molar-refractivity contribution in [3.05, 3.63) is 47.5 Å². The van der Waals surface area contributed by atoms with Gasteiger partial charge in [0.1, 0.15) is 12.5 Å². The fraction of sp³-hybridized carbons (Fsp3) is 0.571. The van der Waals surface area contributed by atoms with E-state index in [2.05, 4.69) is 27.0 Å². The topological polar surface area (TPSA) is 46.5 Å². The minimum atomic E-state index is -0.813. The van der Waals surface area contributed by atoms with Crippen molar-refractivity contribution >= 4 is 5.97 Å². The quantitative estimate of drug-likeness (QED) is 0.517. The van der Waals surface area contributed by atoms with E-state index in [0.29, 0.717) is 6.61 Å². The lowest BCUT2D eigenvalue weighted by Crippen LogP contribution is -2.46. The summed E-state index contributed by atoms with van der Waals surface area (Å²) in [7, 11) is 2.22. The second-order valence-corrected chi connectivity index (χ2v) is 7.16.